The predicted molar refractivity (Wildman–Crippen MR) is 285 cm³/mol. The third kappa shape index (κ3) is 10.3. The Labute approximate surface area is 414 Å². The molecule has 0 saturated carbocycles. The molecule has 9 aromatic carbocycles. The van der Waals surface area contributed by atoms with Crippen LogP contribution in [0.1, 0.15) is 22.3 Å². The topological polar surface area (TPSA) is 143 Å². The molecule has 0 aliphatic rings. The van der Waals surface area contributed by atoms with E-state index in [1.54, 1.807) is 24.3 Å². The second kappa shape index (κ2) is 21.2. The summed E-state index contributed by atoms with van der Waals surface area (Å²) in [5.41, 5.74) is 15.5. The van der Waals surface area contributed by atoms with Crippen molar-refractivity contribution in [1.82, 2.24) is 19.4 Å². The molecule has 0 fully saturated rings. The zero-order valence-corrected chi connectivity index (χ0v) is 39.2. The van der Waals surface area contributed by atoms with E-state index in [9.17, 15) is 20.2 Å². The van der Waals surface area contributed by atoms with E-state index in [4.69, 9.17) is 8.75 Å². The SMILES string of the molecule is O=[N+]([O-])c1ccccc1CNCc1ccc(N(c2ccccc2)c2ccc(-c3ccc(-c4ccc(N(c5ccccc5)c5ccc(CNCc6ccccc6[N+](=O)[O-])cc5)cc4)c4nsnc34)cc2)cc1. The van der Waals surface area contributed by atoms with Crippen LogP contribution in [0.5, 0.6) is 0 Å². The number of nitro groups is 2. The summed E-state index contributed by atoms with van der Waals surface area (Å²) in [6.07, 6.45) is 0. The lowest BCUT2D eigenvalue weighted by Crippen LogP contribution is -2.14. The van der Waals surface area contributed by atoms with Crippen LogP contribution in [0.3, 0.4) is 0 Å². The van der Waals surface area contributed by atoms with Gasteiger partial charge in [-0.2, -0.15) is 8.75 Å². The predicted octanol–water partition coefficient (Wildman–Crippen LogP) is 14.4. The van der Waals surface area contributed by atoms with E-state index in [2.05, 4.69) is 154 Å². The highest BCUT2D eigenvalue weighted by Gasteiger charge is 2.19. The molecular formula is C58H46N8O4S. The first-order valence-corrected chi connectivity index (χ1v) is 23.8. The minimum Gasteiger partial charge on any atom is -0.311 e. The molecule has 12 nitrogen and oxygen atoms in total. The molecule has 0 radical (unpaired) electrons. The van der Waals surface area contributed by atoms with Crippen molar-refractivity contribution in [3.63, 3.8) is 0 Å². The second-order valence-corrected chi connectivity index (χ2v) is 17.4. The molecule has 10 aromatic rings. The Kier molecular flexibility index (Phi) is 13.7. The largest absolute Gasteiger partial charge is 0.311 e. The minimum atomic E-state index is -0.343. The fourth-order valence-electron chi connectivity index (χ4n) is 8.85. The standard InChI is InChI=1S/C58H46N8O4S/c67-65(68)55-17-9-7-11-45(55)39-59-37-41-19-27-49(28-20-41)63(47-13-3-1-4-14-47)51-31-23-43(24-32-51)53-35-36-54(58-57(53)61-71-62-58)44-25-33-52(34-26-44)64(48-15-5-2-6-16-48)50-29-21-42(22-30-50)38-60-40-46-12-8-10-18-56(46)66(69)70/h1-36,59-60H,37-40H2. The number of rotatable bonds is 18. The van der Waals surface area contributed by atoms with Crippen molar-refractivity contribution in [2.24, 2.45) is 0 Å². The average Bonchev–Trinajstić information content (AvgIpc) is 3.91. The highest BCUT2D eigenvalue weighted by Crippen LogP contribution is 2.40. The van der Waals surface area contributed by atoms with E-state index in [1.807, 2.05) is 48.5 Å². The van der Waals surface area contributed by atoms with Crippen LogP contribution in [0, 0.1) is 20.2 Å². The Morgan fingerprint density at radius 3 is 1.07 bits per heavy atom. The summed E-state index contributed by atoms with van der Waals surface area (Å²) in [5, 5.41) is 29.7. The lowest BCUT2D eigenvalue weighted by Gasteiger charge is -2.26. The molecule has 10 rings (SSSR count). The Morgan fingerprint density at radius 1 is 0.380 bits per heavy atom. The normalized spacial score (nSPS) is 11.1. The zero-order valence-electron chi connectivity index (χ0n) is 38.3. The van der Waals surface area contributed by atoms with Gasteiger partial charge in [-0.05, 0) is 95.1 Å². The van der Waals surface area contributed by atoms with Crippen LogP contribution in [-0.4, -0.2) is 18.6 Å². The van der Waals surface area contributed by atoms with Crippen molar-refractivity contribution in [3.8, 4) is 22.3 Å². The van der Waals surface area contributed by atoms with Crippen molar-refractivity contribution >= 4 is 68.3 Å². The molecule has 0 amide bonds. The van der Waals surface area contributed by atoms with Gasteiger partial charge in [0.1, 0.15) is 11.0 Å². The van der Waals surface area contributed by atoms with E-state index in [0.29, 0.717) is 37.3 Å². The molecule has 0 aliphatic carbocycles. The van der Waals surface area contributed by atoms with Gasteiger partial charge in [0.2, 0.25) is 0 Å². The van der Waals surface area contributed by atoms with Crippen molar-refractivity contribution in [2.75, 3.05) is 9.80 Å². The molecular weight excluding hydrogens is 905 g/mol. The second-order valence-electron chi connectivity index (χ2n) is 16.9. The van der Waals surface area contributed by atoms with Crippen molar-refractivity contribution in [2.45, 2.75) is 26.2 Å². The zero-order chi connectivity index (χ0) is 48.5. The van der Waals surface area contributed by atoms with Crippen LogP contribution >= 0.6 is 11.7 Å². The summed E-state index contributed by atoms with van der Waals surface area (Å²) in [6.45, 7) is 1.91. The highest BCUT2D eigenvalue weighted by atomic mass is 32.1. The molecule has 0 unspecified atom stereocenters. The lowest BCUT2D eigenvalue weighted by atomic mass is 9.97. The number of fused-ring (bicyclic) bond motifs is 1. The molecule has 1 aromatic heterocycles. The van der Waals surface area contributed by atoms with Gasteiger partial charge < -0.3 is 20.4 Å². The third-order valence-corrected chi connectivity index (χ3v) is 12.9. The third-order valence-electron chi connectivity index (χ3n) is 12.4. The van der Waals surface area contributed by atoms with E-state index in [-0.39, 0.29) is 21.2 Å². The monoisotopic (exact) mass is 950 g/mol. The van der Waals surface area contributed by atoms with Crippen molar-refractivity contribution < 1.29 is 9.85 Å². The van der Waals surface area contributed by atoms with Crippen LogP contribution in [0.4, 0.5) is 45.5 Å². The maximum atomic E-state index is 11.5. The van der Waals surface area contributed by atoms with Crippen LogP contribution < -0.4 is 20.4 Å². The van der Waals surface area contributed by atoms with Gasteiger partial charge in [0.15, 0.2) is 0 Å². The van der Waals surface area contributed by atoms with Crippen LogP contribution in [0.2, 0.25) is 0 Å². The Balaban J connectivity index is 0.855. The fraction of sp³-hybridized carbons (Fsp3) is 0.0690. The number of hydrogen-bond donors (Lipinski definition) is 2. The number of nitrogens with one attached hydrogen (secondary N) is 2. The molecule has 1 heterocycles. The molecule has 348 valence electrons. The summed E-state index contributed by atoms with van der Waals surface area (Å²) in [6, 6.07) is 72.2. The Hall–Kier alpha value is -8.88. The molecule has 0 saturated heterocycles. The summed E-state index contributed by atoms with van der Waals surface area (Å²) in [5.74, 6) is 0. The quantitative estimate of drug-likeness (QED) is 0.0630. The average molecular weight is 951 g/mol. The first kappa shape index (κ1) is 45.9. The summed E-state index contributed by atoms with van der Waals surface area (Å²) in [4.78, 5) is 26.7. The van der Waals surface area contributed by atoms with Crippen LogP contribution in [-0.2, 0) is 26.2 Å². The lowest BCUT2D eigenvalue weighted by molar-refractivity contribution is -0.385. The number of anilines is 6. The number of aromatic nitrogens is 2. The summed E-state index contributed by atoms with van der Waals surface area (Å²) >= 11 is 1.21. The first-order valence-electron chi connectivity index (χ1n) is 23.1. The molecule has 0 aliphatic heterocycles. The fourth-order valence-corrected chi connectivity index (χ4v) is 9.42. The van der Waals surface area contributed by atoms with E-state index < -0.39 is 0 Å². The molecule has 71 heavy (non-hydrogen) atoms. The van der Waals surface area contributed by atoms with Gasteiger partial charge >= 0.3 is 0 Å². The number of benzene rings is 9. The Morgan fingerprint density at radius 2 is 0.704 bits per heavy atom. The molecule has 0 atom stereocenters. The molecule has 13 heteroatoms. The number of nitro benzene ring substituents is 2. The summed E-state index contributed by atoms with van der Waals surface area (Å²) in [7, 11) is 0. The van der Waals surface area contributed by atoms with Crippen LogP contribution in [0.25, 0.3) is 33.3 Å². The summed E-state index contributed by atoms with van der Waals surface area (Å²) < 4.78 is 9.63. The van der Waals surface area contributed by atoms with E-state index in [1.165, 1.54) is 23.9 Å². The van der Waals surface area contributed by atoms with Crippen molar-refractivity contribution in [3.05, 3.63) is 261 Å². The number of hydrogen-bond acceptors (Lipinski definition) is 11. The van der Waals surface area contributed by atoms with E-state index in [0.717, 1.165) is 78.5 Å². The minimum absolute atomic E-state index is 0.115. The van der Waals surface area contributed by atoms with Crippen LogP contribution in [0.15, 0.2) is 218 Å². The van der Waals surface area contributed by atoms with Crippen molar-refractivity contribution in [1.29, 1.82) is 0 Å². The molecule has 0 spiro atoms. The smallest absolute Gasteiger partial charge is 0.273 e. The van der Waals surface area contributed by atoms with Gasteiger partial charge in [0, 0.05) is 94.7 Å². The number of para-hydroxylation sites is 4. The number of nitrogens with zero attached hydrogens (tertiary/aromatic N) is 6. The van der Waals surface area contributed by atoms with Gasteiger partial charge in [-0.25, -0.2) is 0 Å². The maximum absolute atomic E-state index is 11.5. The molecule has 2 N–H and O–H groups in total. The van der Waals surface area contributed by atoms with E-state index >= 15 is 0 Å². The molecule has 0 bridgehead atoms. The first-order chi connectivity index (χ1) is 34.9. The van der Waals surface area contributed by atoms with Gasteiger partial charge in [0.25, 0.3) is 11.4 Å². The highest BCUT2D eigenvalue weighted by molar-refractivity contribution is 7.00. The van der Waals surface area contributed by atoms with Gasteiger partial charge in [-0.1, -0.05) is 133 Å². The van der Waals surface area contributed by atoms with Gasteiger partial charge in [-0.15, -0.1) is 0 Å². The maximum Gasteiger partial charge on any atom is 0.273 e. The van der Waals surface area contributed by atoms with Gasteiger partial charge in [0.05, 0.1) is 21.6 Å². The Bertz CT molecular complexity index is 3200. The van der Waals surface area contributed by atoms with Gasteiger partial charge in [-0.3, -0.25) is 20.2 Å².